The maximum atomic E-state index is 12.0. The monoisotopic (exact) mass is 272 g/mol. The summed E-state index contributed by atoms with van der Waals surface area (Å²) in [5.41, 5.74) is 1.34. The molecule has 2 N–H and O–H groups in total. The van der Waals surface area contributed by atoms with E-state index in [0.717, 1.165) is 5.75 Å². The Kier molecular flexibility index (Phi) is 4.20. The number of carbonyl (C=O) groups is 1. The number of amides is 1. The molecule has 0 aliphatic rings. The molecular formula is C15H16N2O3. The van der Waals surface area contributed by atoms with E-state index in [9.17, 15) is 9.59 Å². The molecule has 1 aromatic heterocycles. The molecule has 0 fully saturated rings. The lowest BCUT2D eigenvalue weighted by molar-refractivity contribution is 0.102. The Labute approximate surface area is 116 Å². The molecule has 1 amide bonds. The van der Waals surface area contributed by atoms with Gasteiger partial charge in [-0.25, -0.2) is 0 Å². The second kappa shape index (κ2) is 6.06. The van der Waals surface area contributed by atoms with Gasteiger partial charge >= 0.3 is 0 Å². The molecule has 1 heterocycles. The number of rotatable bonds is 4. The lowest BCUT2D eigenvalue weighted by Crippen LogP contribution is -2.16. The molecular weight excluding hydrogens is 256 g/mol. The summed E-state index contributed by atoms with van der Waals surface area (Å²) in [6.07, 6.45) is 0. The van der Waals surface area contributed by atoms with Gasteiger partial charge in [0.25, 0.3) is 5.91 Å². The lowest BCUT2D eigenvalue weighted by atomic mass is 10.2. The number of aromatic nitrogens is 1. The lowest BCUT2D eigenvalue weighted by Gasteiger charge is -2.07. The average molecular weight is 272 g/mol. The zero-order chi connectivity index (χ0) is 14.5. The number of benzene rings is 1. The van der Waals surface area contributed by atoms with Gasteiger partial charge in [-0.05, 0) is 44.2 Å². The number of anilines is 1. The van der Waals surface area contributed by atoms with Crippen LogP contribution in [0.15, 0.2) is 41.2 Å². The van der Waals surface area contributed by atoms with Crippen LogP contribution in [0.25, 0.3) is 0 Å². The predicted octanol–water partition coefficient (Wildman–Crippen LogP) is 2.33. The molecule has 2 aromatic rings. The largest absolute Gasteiger partial charge is 0.494 e. The standard InChI is InChI=1S/C15H16N2O3/c1-3-20-13-6-4-12(5-7-13)17-15(19)11-8-10(2)16-14(18)9-11/h4-9H,3H2,1-2H3,(H,16,18)(H,17,19). The number of aromatic amines is 1. The summed E-state index contributed by atoms with van der Waals surface area (Å²) >= 11 is 0. The fourth-order valence-electron chi connectivity index (χ4n) is 1.82. The number of ether oxygens (including phenoxy) is 1. The van der Waals surface area contributed by atoms with Crippen LogP contribution in [0.2, 0.25) is 0 Å². The second-order valence-electron chi connectivity index (χ2n) is 4.33. The predicted molar refractivity (Wildman–Crippen MR) is 77.4 cm³/mol. The van der Waals surface area contributed by atoms with Crippen molar-refractivity contribution in [1.29, 1.82) is 0 Å². The highest BCUT2D eigenvalue weighted by atomic mass is 16.5. The Balaban J connectivity index is 2.12. The maximum absolute atomic E-state index is 12.0. The van der Waals surface area contributed by atoms with Gasteiger partial charge in [0.05, 0.1) is 6.61 Å². The van der Waals surface area contributed by atoms with E-state index in [0.29, 0.717) is 23.6 Å². The molecule has 0 aliphatic heterocycles. The third kappa shape index (κ3) is 3.47. The van der Waals surface area contributed by atoms with Crippen molar-refractivity contribution in [3.8, 4) is 5.75 Å². The minimum absolute atomic E-state index is 0.290. The Morgan fingerprint density at radius 3 is 2.55 bits per heavy atom. The molecule has 2 rings (SSSR count). The van der Waals surface area contributed by atoms with Crippen LogP contribution >= 0.6 is 0 Å². The van der Waals surface area contributed by atoms with Gasteiger partial charge in [0.1, 0.15) is 5.75 Å². The fraction of sp³-hybridized carbons (Fsp3) is 0.200. The maximum Gasteiger partial charge on any atom is 0.255 e. The summed E-state index contributed by atoms with van der Waals surface area (Å²) in [6.45, 7) is 4.23. The van der Waals surface area contributed by atoms with Crippen LogP contribution in [0.5, 0.6) is 5.75 Å². The van der Waals surface area contributed by atoms with E-state index in [1.54, 1.807) is 37.3 Å². The van der Waals surface area contributed by atoms with Gasteiger partial charge in [-0.3, -0.25) is 9.59 Å². The quantitative estimate of drug-likeness (QED) is 0.897. The zero-order valence-corrected chi connectivity index (χ0v) is 11.4. The molecule has 0 saturated carbocycles. The first-order valence-corrected chi connectivity index (χ1v) is 6.33. The first kappa shape index (κ1) is 13.9. The summed E-state index contributed by atoms with van der Waals surface area (Å²) < 4.78 is 5.32. The number of carbonyl (C=O) groups excluding carboxylic acids is 1. The van der Waals surface area contributed by atoms with Gasteiger partial charge in [0, 0.05) is 23.0 Å². The number of aryl methyl sites for hydroxylation is 1. The SMILES string of the molecule is CCOc1ccc(NC(=O)c2cc(C)[nH]c(=O)c2)cc1. The molecule has 0 spiro atoms. The van der Waals surface area contributed by atoms with Crippen LogP contribution < -0.4 is 15.6 Å². The molecule has 0 unspecified atom stereocenters. The number of pyridine rings is 1. The van der Waals surface area contributed by atoms with Gasteiger partial charge in [-0.2, -0.15) is 0 Å². The number of H-pyrrole nitrogens is 1. The highest BCUT2D eigenvalue weighted by molar-refractivity contribution is 6.04. The van der Waals surface area contributed by atoms with Crippen LogP contribution in [-0.2, 0) is 0 Å². The first-order chi connectivity index (χ1) is 9.58. The zero-order valence-electron chi connectivity index (χ0n) is 11.4. The second-order valence-corrected chi connectivity index (χ2v) is 4.33. The van der Waals surface area contributed by atoms with Crippen molar-refractivity contribution in [3.63, 3.8) is 0 Å². The van der Waals surface area contributed by atoms with Crippen molar-refractivity contribution in [3.05, 3.63) is 58.0 Å². The van der Waals surface area contributed by atoms with Crippen molar-refractivity contribution in [2.45, 2.75) is 13.8 Å². The van der Waals surface area contributed by atoms with Crippen molar-refractivity contribution in [2.24, 2.45) is 0 Å². The van der Waals surface area contributed by atoms with Gasteiger partial charge in [-0.1, -0.05) is 0 Å². The molecule has 1 aromatic carbocycles. The highest BCUT2D eigenvalue weighted by Gasteiger charge is 2.07. The summed E-state index contributed by atoms with van der Waals surface area (Å²) in [5, 5.41) is 2.73. The smallest absolute Gasteiger partial charge is 0.255 e. The minimum Gasteiger partial charge on any atom is -0.494 e. The Morgan fingerprint density at radius 1 is 1.25 bits per heavy atom. The molecule has 5 heteroatoms. The van der Waals surface area contributed by atoms with Crippen molar-refractivity contribution in [2.75, 3.05) is 11.9 Å². The van der Waals surface area contributed by atoms with E-state index in [4.69, 9.17) is 4.74 Å². The molecule has 20 heavy (non-hydrogen) atoms. The van der Waals surface area contributed by atoms with E-state index in [1.165, 1.54) is 6.07 Å². The Bertz CT molecular complexity index is 660. The number of nitrogens with one attached hydrogen (secondary N) is 2. The molecule has 5 nitrogen and oxygen atoms in total. The average Bonchev–Trinajstić information content (AvgIpc) is 2.40. The summed E-state index contributed by atoms with van der Waals surface area (Å²) in [4.78, 5) is 26.0. The van der Waals surface area contributed by atoms with E-state index < -0.39 is 0 Å². The van der Waals surface area contributed by atoms with Gasteiger partial charge < -0.3 is 15.0 Å². The Morgan fingerprint density at radius 2 is 1.95 bits per heavy atom. The van der Waals surface area contributed by atoms with Crippen LogP contribution in [0, 0.1) is 6.92 Å². The van der Waals surface area contributed by atoms with Crippen LogP contribution in [0.4, 0.5) is 5.69 Å². The van der Waals surface area contributed by atoms with E-state index in [2.05, 4.69) is 10.3 Å². The van der Waals surface area contributed by atoms with Gasteiger partial charge in [0.2, 0.25) is 5.56 Å². The van der Waals surface area contributed by atoms with Crippen LogP contribution in [0.1, 0.15) is 23.0 Å². The highest BCUT2D eigenvalue weighted by Crippen LogP contribution is 2.16. The third-order valence-corrected chi connectivity index (χ3v) is 2.66. The molecule has 0 bridgehead atoms. The summed E-state index contributed by atoms with van der Waals surface area (Å²) in [5.74, 6) is 0.431. The van der Waals surface area contributed by atoms with E-state index in [-0.39, 0.29) is 11.5 Å². The molecule has 0 atom stereocenters. The number of hydrogen-bond donors (Lipinski definition) is 2. The van der Waals surface area contributed by atoms with Gasteiger partial charge in [-0.15, -0.1) is 0 Å². The molecule has 0 aliphatic carbocycles. The van der Waals surface area contributed by atoms with Crippen molar-refractivity contribution < 1.29 is 9.53 Å². The summed E-state index contributed by atoms with van der Waals surface area (Å²) in [7, 11) is 0. The normalized spacial score (nSPS) is 10.1. The van der Waals surface area contributed by atoms with Crippen LogP contribution in [-0.4, -0.2) is 17.5 Å². The Hall–Kier alpha value is -2.56. The molecule has 0 radical (unpaired) electrons. The molecule has 0 saturated heterocycles. The minimum atomic E-state index is -0.316. The van der Waals surface area contributed by atoms with Gasteiger partial charge in [0.15, 0.2) is 0 Å². The van der Waals surface area contributed by atoms with E-state index >= 15 is 0 Å². The molecule has 104 valence electrons. The third-order valence-electron chi connectivity index (χ3n) is 2.66. The topological polar surface area (TPSA) is 71.2 Å². The number of hydrogen-bond acceptors (Lipinski definition) is 3. The fourth-order valence-corrected chi connectivity index (χ4v) is 1.82. The van der Waals surface area contributed by atoms with E-state index in [1.807, 2.05) is 6.92 Å². The summed E-state index contributed by atoms with van der Waals surface area (Å²) in [6, 6.07) is 9.97. The first-order valence-electron chi connectivity index (χ1n) is 6.33. The van der Waals surface area contributed by atoms with Crippen molar-refractivity contribution >= 4 is 11.6 Å². The van der Waals surface area contributed by atoms with Crippen molar-refractivity contribution in [1.82, 2.24) is 4.98 Å². The van der Waals surface area contributed by atoms with Crippen LogP contribution in [0.3, 0.4) is 0 Å².